The van der Waals surface area contributed by atoms with Crippen molar-refractivity contribution in [2.45, 2.75) is 45.6 Å². The SMILES string of the molecule is CC(C)C1CCC(N2CCN(CCN)CC2)CC1.Cl. The van der Waals surface area contributed by atoms with Crippen molar-refractivity contribution in [2.75, 3.05) is 39.3 Å². The molecule has 1 heterocycles. The van der Waals surface area contributed by atoms with E-state index in [-0.39, 0.29) is 12.4 Å². The fourth-order valence-electron chi connectivity index (χ4n) is 3.67. The van der Waals surface area contributed by atoms with Crippen LogP contribution in [-0.4, -0.2) is 55.1 Å². The molecule has 0 unspecified atom stereocenters. The van der Waals surface area contributed by atoms with E-state index in [1.54, 1.807) is 0 Å². The van der Waals surface area contributed by atoms with Crippen LogP contribution in [0.3, 0.4) is 0 Å². The molecular formula is C15H32ClN3. The molecule has 0 radical (unpaired) electrons. The Labute approximate surface area is 125 Å². The topological polar surface area (TPSA) is 32.5 Å². The highest BCUT2D eigenvalue weighted by atomic mass is 35.5. The smallest absolute Gasteiger partial charge is 0.0113 e. The summed E-state index contributed by atoms with van der Waals surface area (Å²) in [6.07, 6.45) is 5.76. The Morgan fingerprint density at radius 2 is 1.58 bits per heavy atom. The Morgan fingerprint density at radius 1 is 1.00 bits per heavy atom. The lowest BCUT2D eigenvalue weighted by Gasteiger charge is -2.42. The van der Waals surface area contributed by atoms with Crippen molar-refractivity contribution in [1.82, 2.24) is 9.80 Å². The summed E-state index contributed by atoms with van der Waals surface area (Å²) in [5.74, 6) is 1.87. The van der Waals surface area contributed by atoms with Gasteiger partial charge in [0.1, 0.15) is 0 Å². The molecule has 2 N–H and O–H groups in total. The number of hydrogen-bond acceptors (Lipinski definition) is 3. The van der Waals surface area contributed by atoms with Crippen molar-refractivity contribution in [3.8, 4) is 0 Å². The van der Waals surface area contributed by atoms with Crippen LogP contribution in [0.2, 0.25) is 0 Å². The molecule has 2 rings (SSSR count). The minimum absolute atomic E-state index is 0. The van der Waals surface area contributed by atoms with Crippen molar-refractivity contribution >= 4 is 12.4 Å². The monoisotopic (exact) mass is 289 g/mol. The summed E-state index contributed by atoms with van der Waals surface area (Å²) >= 11 is 0. The number of piperazine rings is 1. The van der Waals surface area contributed by atoms with Gasteiger partial charge in [0.15, 0.2) is 0 Å². The van der Waals surface area contributed by atoms with Crippen molar-refractivity contribution < 1.29 is 0 Å². The summed E-state index contributed by atoms with van der Waals surface area (Å²) < 4.78 is 0. The van der Waals surface area contributed by atoms with Crippen LogP contribution in [-0.2, 0) is 0 Å². The number of nitrogens with zero attached hydrogens (tertiary/aromatic N) is 2. The fourth-order valence-corrected chi connectivity index (χ4v) is 3.67. The van der Waals surface area contributed by atoms with Gasteiger partial charge in [-0.25, -0.2) is 0 Å². The summed E-state index contributed by atoms with van der Waals surface area (Å²) in [5.41, 5.74) is 5.63. The van der Waals surface area contributed by atoms with Gasteiger partial charge < -0.3 is 5.73 Å². The number of rotatable bonds is 4. The lowest BCUT2D eigenvalue weighted by molar-refractivity contribution is 0.0668. The second-order valence-electron chi connectivity index (χ2n) is 6.48. The third-order valence-electron chi connectivity index (χ3n) is 5.05. The molecule has 1 aliphatic heterocycles. The highest BCUT2D eigenvalue weighted by Crippen LogP contribution is 2.32. The molecule has 1 saturated carbocycles. The highest BCUT2D eigenvalue weighted by Gasteiger charge is 2.28. The van der Waals surface area contributed by atoms with Crippen LogP contribution in [0.15, 0.2) is 0 Å². The van der Waals surface area contributed by atoms with Gasteiger partial charge in [-0.3, -0.25) is 9.80 Å². The maximum absolute atomic E-state index is 5.63. The summed E-state index contributed by atoms with van der Waals surface area (Å²) in [7, 11) is 0. The minimum Gasteiger partial charge on any atom is -0.329 e. The zero-order valence-electron chi connectivity index (χ0n) is 12.7. The number of nitrogens with two attached hydrogens (primary N) is 1. The van der Waals surface area contributed by atoms with Crippen molar-refractivity contribution in [3.05, 3.63) is 0 Å². The van der Waals surface area contributed by atoms with E-state index in [1.165, 1.54) is 51.9 Å². The molecule has 4 heteroatoms. The molecule has 2 fully saturated rings. The second kappa shape index (κ2) is 8.46. The molecule has 0 bridgehead atoms. The highest BCUT2D eigenvalue weighted by molar-refractivity contribution is 5.85. The molecule has 114 valence electrons. The molecule has 2 aliphatic rings. The van der Waals surface area contributed by atoms with Crippen LogP contribution in [0, 0.1) is 11.8 Å². The van der Waals surface area contributed by atoms with Gasteiger partial charge in [0.05, 0.1) is 0 Å². The van der Waals surface area contributed by atoms with Crippen molar-refractivity contribution in [3.63, 3.8) is 0 Å². The normalized spacial score (nSPS) is 30.3. The molecule has 0 aromatic carbocycles. The Balaban J connectivity index is 0.00000180. The van der Waals surface area contributed by atoms with Crippen LogP contribution in [0.1, 0.15) is 39.5 Å². The van der Waals surface area contributed by atoms with E-state index in [2.05, 4.69) is 23.6 Å². The quantitative estimate of drug-likeness (QED) is 0.861. The van der Waals surface area contributed by atoms with E-state index in [1.807, 2.05) is 0 Å². The van der Waals surface area contributed by atoms with E-state index in [0.29, 0.717) is 0 Å². The molecule has 0 spiro atoms. The van der Waals surface area contributed by atoms with Crippen LogP contribution < -0.4 is 5.73 Å². The Hall–Kier alpha value is 0.170. The van der Waals surface area contributed by atoms with E-state index in [0.717, 1.165) is 31.0 Å². The second-order valence-corrected chi connectivity index (χ2v) is 6.48. The molecule has 0 aromatic heterocycles. The maximum atomic E-state index is 5.63. The minimum atomic E-state index is 0. The number of halogens is 1. The molecule has 1 saturated heterocycles. The molecule has 3 nitrogen and oxygen atoms in total. The van der Waals surface area contributed by atoms with Crippen LogP contribution in [0.5, 0.6) is 0 Å². The van der Waals surface area contributed by atoms with Crippen molar-refractivity contribution in [1.29, 1.82) is 0 Å². The predicted molar refractivity (Wildman–Crippen MR) is 84.9 cm³/mol. The average Bonchev–Trinajstić information content (AvgIpc) is 2.40. The summed E-state index contributed by atoms with van der Waals surface area (Å²) in [4.78, 5) is 5.25. The Kier molecular flexibility index (Phi) is 7.66. The summed E-state index contributed by atoms with van der Waals surface area (Å²) in [6, 6.07) is 0.875. The van der Waals surface area contributed by atoms with E-state index >= 15 is 0 Å². The lowest BCUT2D eigenvalue weighted by atomic mass is 9.79. The van der Waals surface area contributed by atoms with E-state index < -0.39 is 0 Å². The first-order chi connectivity index (χ1) is 8.70. The first-order valence-electron chi connectivity index (χ1n) is 7.87. The molecule has 0 atom stereocenters. The van der Waals surface area contributed by atoms with Crippen LogP contribution in [0.25, 0.3) is 0 Å². The largest absolute Gasteiger partial charge is 0.329 e. The van der Waals surface area contributed by atoms with Gasteiger partial charge in [-0.1, -0.05) is 13.8 Å². The van der Waals surface area contributed by atoms with Gasteiger partial charge in [-0.2, -0.15) is 0 Å². The third kappa shape index (κ3) is 4.89. The standard InChI is InChI=1S/C15H31N3.ClH/c1-13(2)14-3-5-15(6-4-14)18-11-9-17(8-7-16)10-12-18;/h13-15H,3-12,16H2,1-2H3;1H. The summed E-state index contributed by atoms with van der Waals surface area (Å²) in [5, 5.41) is 0. The van der Waals surface area contributed by atoms with Gasteiger partial charge in [0, 0.05) is 45.3 Å². The molecular weight excluding hydrogens is 258 g/mol. The molecule has 1 aliphatic carbocycles. The molecule has 0 amide bonds. The van der Waals surface area contributed by atoms with Gasteiger partial charge in [-0.15, -0.1) is 12.4 Å². The maximum Gasteiger partial charge on any atom is 0.0113 e. The summed E-state index contributed by atoms with van der Waals surface area (Å²) in [6.45, 7) is 11.6. The Morgan fingerprint density at radius 3 is 2.05 bits per heavy atom. The zero-order chi connectivity index (χ0) is 13.0. The first-order valence-corrected chi connectivity index (χ1v) is 7.87. The first kappa shape index (κ1) is 17.2. The molecule has 0 aromatic rings. The lowest BCUT2D eigenvalue weighted by Crippen LogP contribution is -2.52. The van der Waals surface area contributed by atoms with Gasteiger partial charge in [0.25, 0.3) is 0 Å². The Bertz CT molecular complexity index is 232. The zero-order valence-corrected chi connectivity index (χ0v) is 13.5. The van der Waals surface area contributed by atoms with Crippen LogP contribution in [0.4, 0.5) is 0 Å². The third-order valence-corrected chi connectivity index (χ3v) is 5.05. The van der Waals surface area contributed by atoms with Crippen molar-refractivity contribution in [2.24, 2.45) is 17.6 Å². The van der Waals surface area contributed by atoms with E-state index in [4.69, 9.17) is 5.73 Å². The number of hydrogen-bond donors (Lipinski definition) is 1. The molecule has 19 heavy (non-hydrogen) atoms. The average molecular weight is 290 g/mol. The van der Waals surface area contributed by atoms with E-state index in [9.17, 15) is 0 Å². The fraction of sp³-hybridized carbons (Fsp3) is 1.00. The van der Waals surface area contributed by atoms with Gasteiger partial charge >= 0.3 is 0 Å². The van der Waals surface area contributed by atoms with Gasteiger partial charge in [0.2, 0.25) is 0 Å². The van der Waals surface area contributed by atoms with Crippen LogP contribution >= 0.6 is 12.4 Å². The van der Waals surface area contributed by atoms with Gasteiger partial charge in [-0.05, 0) is 37.5 Å². The predicted octanol–water partition coefficient (Wildman–Crippen LogP) is 2.20.